The van der Waals surface area contributed by atoms with E-state index in [2.05, 4.69) is 10.5 Å². The number of nitrogens with one attached hydrogen (secondary N) is 1. The molecule has 1 heterocycles. The summed E-state index contributed by atoms with van der Waals surface area (Å²) in [5, 5.41) is 6.43. The number of amides is 1. The maximum Gasteiger partial charge on any atom is 0.265 e. The van der Waals surface area contributed by atoms with Gasteiger partial charge in [-0.05, 0) is 49.4 Å². The Morgan fingerprint density at radius 1 is 1.15 bits per heavy atom. The predicted molar refractivity (Wildman–Crippen MR) is 122 cm³/mol. The molecule has 33 heavy (non-hydrogen) atoms. The van der Waals surface area contributed by atoms with Crippen molar-refractivity contribution < 1.29 is 32.3 Å². The molecule has 1 aliphatic heterocycles. The number of hydrogen-bond donors (Lipinski definition) is 1. The van der Waals surface area contributed by atoms with Crippen LogP contribution in [-0.2, 0) is 24.4 Å². The summed E-state index contributed by atoms with van der Waals surface area (Å²) in [7, 11) is -2.04. The van der Waals surface area contributed by atoms with E-state index in [1.165, 1.54) is 34.8 Å². The molecule has 0 bridgehead atoms. The summed E-state index contributed by atoms with van der Waals surface area (Å²) in [6, 6.07) is 11.3. The third-order valence-electron chi connectivity index (χ3n) is 4.71. The normalized spacial score (nSPS) is 14.7. The van der Waals surface area contributed by atoms with Gasteiger partial charge in [0.05, 0.1) is 38.0 Å². The number of anilines is 1. The fourth-order valence-corrected chi connectivity index (χ4v) is 4.48. The molecule has 1 saturated heterocycles. The van der Waals surface area contributed by atoms with Crippen LogP contribution in [0.15, 0.2) is 52.5 Å². The van der Waals surface area contributed by atoms with Crippen molar-refractivity contribution in [1.29, 1.82) is 0 Å². The van der Waals surface area contributed by atoms with Gasteiger partial charge >= 0.3 is 0 Å². The van der Waals surface area contributed by atoms with Crippen molar-refractivity contribution in [3.05, 3.63) is 48.0 Å². The van der Waals surface area contributed by atoms with Gasteiger partial charge in [0.2, 0.25) is 10.0 Å². The van der Waals surface area contributed by atoms with Crippen LogP contribution in [0.25, 0.3) is 0 Å². The summed E-state index contributed by atoms with van der Waals surface area (Å²) in [5.41, 5.74) is 1.16. The van der Waals surface area contributed by atoms with Crippen LogP contribution in [0.1, 0.15) is 12.5 Å². The molecule has 0 radical (unpaired) electrons. The molecule has 0 spiro atoms. The van der Waals surface area contributed by atoms with E-state index in [1.807, 2.05) is 6.92 Å². The van der Waals surface area contributed by atoms with E-state index in [4.69, 9.17) is 19.0 Å². The molecule has 0 atom stereocenters. The summed E-state index contributed by atoms with van der Waals surface area (Å²) < 4.78 is 42.6. The van der Waals surface area contributed by atoms with E-state index < -0.39 is 15.9 Å². The van der Waals surface area contributed by atoms with Gasteiger partial charge in [0.15, 0.2) is 18.1 Å². The number of sulfonamides is 1. The number of hydrogen-bond acceptors (Lipinski definition) is 8. The Balaban J connectivity index is 1.50. The summed E-state index contributed by atoms with van der Waals surface area (Å²) in [6.45, 7) is 3.50. The molecular weight excluding hydrogens is 450 g/mol. The molecule has 1 N–H and O–H groups in total. The lowest BCUT2D eigenvalue weighted by Crippen LogP contribution is -2.40. The summed E-state index contributed by atoms with van der Waals surface area (Å²) in [5.74, 6) is 0.763. The van der Waals surface area contributed by atoms with Crippen molar-refractivity contribution in [2.75, 3.05) is 51.9 Å². The first kappa shape index (κ1) is 24.5. The van der Waals surface area contributed by atoms with Crippen LogP contribution < -0.4 is 14.8 Å². The van der Waals surface area contributed by atoms with E-state index in [0.717, 1.165) is 0 Å². The number of benzene rings is 2. The lowest BCUT2D eigenvalue weighted by Gasteiger charge is -2.26. The second kappa shape index (κ2) is 11.6. The van der Waals surface area contributed by atoms with Crippen LogP contribution in [0.2, 0.25) is 0 Å². The third-order valence-corrected chi connectivity index (χ3v) is 6.62. The first-order valence-electron chi connectivity index (χ1n) is 10.4. The molecule has 0 aromatic heterocycles. The van der Waals surface area contributed by atoms with E-state index in [-0.39, 0.29) is 11.5 Å². The van der Waals surface area contributed by atoms with Gasteiger partial charge in [-0.15, -0.1) is 0 Å². The topological polar surface area (TPSA) is 116 Å². The molecule has 0 saturated carbocycles. The quantitative estimate of drug-likeness (QED) is 0.412. The third kappa shape index (κ3) is 6.67. The number of morpholine rings is 1. The first-order valence-corrected chi connectivity index (χ1v) is 11.8. The summed E-state index contributed by atoms with van der Waals surface area (Å²) in [6.07, 6.45) is 1.46. The van der Waals surface area contributed by atoms with Crippen LogP contribution in [0, 0.1) is 0 Å². The molecule has 11 heteroatoms. The Kier molecular flexibility index (Phi) is 8.64. The molecule has 178 valence electrons. The highest BCUT2D eigenvalue weighted by Gasteiger charge is 2.26. The molecule has 1 aliphatic rings. The number of carbonyl (C=O) groups is 1. The lowest BCUT2D eigenvalue weighted by molar-refractivity contribution is -0.120. The summed E-state index contributed by atoms with van der Waals surface area (Å²) in [4.78, 5) is 17.3. The Bertz CT molecular complexity index is 1070. The summed E-state index contributed by atoms with van der Waals surface area (Å²) >= 11 is 0. The minimum absolute atomic E-state index is 0.161. The zero-order valence-corrected chi connectivity index (χ0v) is 19.3. The van der Waals surface area contributed by atoms with Crippen molar-refractivity contribution in [3.63, 3.8) is 0 Å². The highest BCUT2D eigenvalue weighted by atomic mass is 32.2. The van der Waals surface area contributed by atoms with Gasteiger partial charge in [-0.3, -0.25) is 4.79 Å². The van der Waals surface area contributed by atoms with Crippen molar-refractivity contribution >= 4 is 27.8 Å². The van der Waals surface area contributed by atoms with Gasteiger partial charge in [-0.1, -0.05) is 5.16 Å². The van der Waals surface area contributed by atoms with Crippen molar-refractivity contribution in [1.82, 2.24) is 4.31 Å². The highest BCUT2D eigenvalue weighted by molar-refractivity contribution is 7.89. The fourth-order valence-electron chi connectivity index (χ4n) is 3.08. The Labute approximate surface area is 193 Å². The molecule has 1 amide bonds. The maximum atomic E-state index is 12.6. The molecule has 10 nitrogen and oxygen atoms in total. The van der Waals surface area contributed by atoms with Crippen molar-refractivity contribution in [2.45, 2.75) is 11.8 Å². The Hall–Kier alpha value is -3.15. The average Bonchev–Trinajstić information content (AvgIpc) is 2.83. The van der Waals surface area contributed by atoms with Gasteiger partial charge in [-0.2, -0.15) is 4.31 Å². The van der Waals surface area contributed by atoms with Crippen LogP contribution >= 0.6 is 0 Å². The van der Waals surface area contributed by atoms with Gasteiger partial charge in [0.25, 0.3) is 5.91 Å². The first-order chi connectivity index (χ1) is 15.9. The number of rotatable bonds is 10. The van der Waals surface area contributed by atoms with Gasteiger partial charge in [0.1, 0.15) is 0 Å². The van der Waals surface area contributed by atoms with Crippen LogP contribution in [-0.4, -0.2) is 71.5 Å². The van der Waals surface area contributed by atoms with Crippen molar-refractivity contribution in [2.24, 2.45) is 5.16 Å². The number of nitrogens with zero attached hydrogens (tertiary/aromatic N) is 2. The minimum atomic E-state index is -3.58. The molecule has 1 fully saturated rings. The second-order valence-electron chi connectivity index (χ2n) is 6.94. The molecular formula is C22H27N3O7S. The average molecular weight is 478 g/mol. The smallest absolute Gasteiger partial charge is 0.265 e. The lowest BCUT2D eigenvalue weighted by atomic mass is 10.2. The highest BCUT2D eigenvalue weighted by Crippen LogP contribution is 2.27. The zero-order chi connectivity index (χ0) is 23.7. The second-order valence-corrected chi connectivity index (χ2v) is 8.88. The van der Waals surface area contributed by atoms with E-state index in [1.54, 1.807) is 25.3 Å². The van der Waals surface area contributed by atoms with Gasteiger partial charge in [0, 0.05) is 24.3 Å². The van der Waals surface area contributed by atoms with Crippen LogP contribution in [0.4, 0.5) is 5.69 Å². The predicted octanol–water partition coefficient (Wildman–Crippen LogP) is 2.10. The molecule has 2 aromatic rings. The standard InChI is InChI=1S/C22H27N3O7S/c1-3-31-20-9-4-17(14-21(20)29-2)15-23-32-16-22(26)24-18-5-7-19(8-6-18)33(27,28)25-10-12-30-13-11-25/h4-9,14-15H,3,10-13,16H2,1-2H3,(H,24,26)/b23-15+. The van der Waals surface area contributed by atoms with E-state index in [0.29, 0.717) is 55.7 Å². The van der Waals surface area contributed by atoms with Crippen LogP contribution in [0.3, 0.4) is 0 Å². The van der Waals surface area contributed by atoms with Crippen LogP contribution in [0.5, 0.6) is 11.5 Å². The number of oxime groups is 1. The number of carbonyl (C=O) groups excluding carboxylic acids is 1. The van der Waals surface area contributed by atoms with E-state index >= 15 is 0 Å². The number of ether oxygens (including phenoxy) is 3. The Morgan fingerprint density at radius 2 is 1.88 bits per heavy atom. The van der Waals surface area contributed by atoms with Gasteiger partial charge < -0.3 is 24.4 Å². The maximum absolute atomic E-state index is 12.6. The number of methoxy groups -OCH3 is 1. The molecule has 2 aromatic carbocycles. The molecule has 3 rings (SSSR count). The van der Waals surface area contributed by atoms with Crippen molar-refractivity contribution in [3.8, 4) is 11.5 Å². The Morgan fingerprint density at radius 3 is 2.55 bits per heavy atom. The van der Waals surface area contributed by atoms with E-state index in [9.17, 15) is 13.2 Å². The monoisotopic (exact) mass is 477 g/mol. The molecule has 0 aliphatic carbocycles. The minimum Gasteiger partial charge on any atom is -0.493 e. The SMILES string of the molecule is CCOc1ccc(/C=N/OCC(=O)Nc2ccc(S(=O)(=O)N3CCOCC3)cc2)cc1OC. The zero-order valence-electron chi connectivity index (χ0n) is 18.5. The fraction of sp³-hybridized carbons (Fsp3) is 0.364. The largest absolute Gasteiger partial charge is 0.493 e. The van der Waals surface area contributed by atoms with Gasteiger partial charge in [-0.25, -0.2) is 8.42 Å². The molecule has 0 unspecified atom stereocenters.